The molecule has 0 radical (unpaired) electrons. The molecule has 32 heavy (non-hydrogen) atoms. The lowest BCUT2D eigenvalue weighted by atomic mass is 9.98. The Morgan fingerprint density at radius 1 is 0.500 bits per heavy atom. The van der Waals surface area contributed by atoms with Gasteiger partial charge in [0, 0.05) is 5.39 Å². The van der Waals surface area contributed by atoms with Crippen molar-refractivity contribution in [2.24, 2.45) is 0 Å². The fourth-order valence-corrected chi connectivity index (χ4v) is 3.81. The van der Waals surface area contributed by atoms with Gasteiger partial charge in [-0.3, -0.25) is 0 Å². The van der Waals surface area contributed by atoms with Crippen molar-refractivity contribution < 1.29 is 20.4 Å². The summed E-state index contributed by atoms with van der Waals surface area (Å²) < 4.78 is 0. The quantitative estimate of drug-likeness (QED) is 0.308. The van der Waals surface area contributed by atoms with Gasteiger partial charge < -0.3 is 20.4 Å². The monoisotopic (exact) mass is 422 g/mol. The molecule has 2 heterocycles. The molecule has 0 aliphatic carbocycles. The summed E-state index contributed by atoms with van der Waals surface area (Å²) in [6.07, 6.45) is 0. The number of hydrogen-bond donors (Lipinski definition) is 4. The number of phenolic OH excluding ortho intramolecular Hbond substituents is 4. The predicted molar refractivity (Wildman–Crippen MR) is 123 cm³/mol. The maximum atomic E-state index is 10.4. The zero-order valence-corrected chi connectivity index (χ0v) is 16.8. The standard InChI is InChI=1S/C26H18N2O4/c29-20-8-4-9-21(30)24(20)18-13-12-16-17(15-6-2-1-3-7-15)14-19(28-26(16)27-18)25-22(31)10-5-11-23(25)32/h1-14,29-32H. The van der Waals surface area contributed by atoms with Crippen molar-refractivity contribution in [2.45, 2.75) is 0 Å². The summed E-state index contributed by atoms with van der Waals surface area (Å²) in [6, 6.07) is 24.0. The molecule has 0 amide bonds. The van der Waals surface area contributed by atoms with Gasteiger partial charge >= 0.3 is 0 Å². The lowest BCUT2D eigenvalue weighted by Gasteiger charge is -2.13. The highest BCUT2D eigenvalue weighted by Gasteiger charge is 2.18. The maximum absolute atomic E-state index is 10.4. The molecule has 0 unspecified atom stereocenters. The van der Waals surface area contributed by atoms with E-state index in [9.17, 15) is 20.4 Å². The van der Waals surface area contributed by atoms with Crippen molar-refractivity contribution >= 4 is 11.0 Å². The first-order valence-electron chi connectivity index (χ1n) is 9.93. The number of pyridine rings is 2. The molecule has 156 valence electrons. The Balaban J connectivity index is 1.83. The fourth-order valence-electron chi connectivity index (χ4n) is 3.81. The lowest BCUT2D eigenvalue weighted by Crippen LogP contribution is -1.95. The second-order valence-corrected chi connectivity index (χ2v) is 7.33. The van der Waals surface area contributed by atoms with Gasteiger partial charge in [0.05, 0.1) is 22.5 Å². The zero-order valence-electron chi connectivity index (χ0n) is 16.8. The summed E-state index contributed by atoms with van der Waals surface area (Å²) in [5.41, 5.74) is 3.16. The molecule has 5 aromatic rings. The van der Waals surface area contributed by atoms with Gasteiger partial charge in [0.2, 0.25) is 0 Å². The Hall–Kier alpha value is -4.58. The molecule has 6 nitrogen and oxygen atoms in total. The van der Waals surface area contributed by atoms with Crippen LogP contribution in [0.3, 0.4) is 0 Å². The molecule has 0 bridgehead atoms. The van der Waals surface area contributed by atoms with Crippen LogP contribution in [0.2, 0.25) is 0 Å². The summed E-state index contributed by atoms with van der Waals surface area (Å²) in [7, 11) is 0. The largest absolute Gasteiger partial charge is 0.507 e. The average molecular weight is 422 g/mol. The van der Waals surface area contributed by atoms with Gasteiger partial charge in [0.1, 0.15) is 23.0 Å². The first-order chi connectivity index (χ1) is 15.5. The van der Waals surface area contributed by atoms with Gasteiger partial charge in [-0.25, -0.2) is 9.97 Å². The fraction of sp³-hybridized carbons (Fsp3) is 0. The van der Waals surface area contributed by atoms with Crippen LogP contribution in [0.5, 0.6) is 23.0 Å². The van der Waals surface area contributed by atoms with Crippen LogP contribution in [-0.4, -0.2) is 30.4 Å². The highest BCUT2D eigenvalue weighted by molar-refractivity contribution is 5.97. The van der Waals surface area contributed by atoms with Crippen LogP contribution < -0.4 is 0 Å². The predicted octanol–water partition coefficient (Wildman–Crippen LogP) is 5.45. The summed E-state index contributed by atoms with van der Waals surface area (Å²) in [5.74, 6) is -0.417. The molecule has 0 saturated heterocycles. The van der Waals surface area contributed by atoms with Crippen LogP contribution in [0, 0.1) is 0 Å². The first-order valence-corrected chi connectivity index (χ1v) is 9.93. The number of benzene rings is 3. The third-order valence-electron chi connectivity index (χ3n) is 5.31. The normalized spacial score (nSPS) is 11.0. The van der Waals surface area contributed by atoms with Crippen LogP contribution in [0.15, 0.2) is 84.9 Å². The van der Waals surface area contributed by atoms with Crippen molar-refractivity contribution in [3.8, 4) is 56.6 Å². The number of aromatic nitrogens is 2. The molecule has 6 heteroatoms. The summed E-state index contributed by atoms with van der Waals surface area (Å²) >= 11 is 0. The molecule has 0 saturated carbocycles. The summed E-state index contributed by atoms with van der Waals surface area (Å²) in [4.78, 5) is 9.21. The van der Waals surface area contributed by atoms with Gasteiger partial charge in [-0.15, -0.1) is 0 Å². The molecule has 4 N–H and O–H groups in total. The SMILES string of the molecule is Oc1cccc(O)c1-c1ccc2c(-c3ccccc3)cc(-c3c(O)cccc3O)nc2n1. The smallest absolute Gasteiger partial charge is 0.161 e. The van der Waals surface area contributed by atoms with Gasteiger partial charge in [-0.2, -0.15) is 0 Å². The number of fused-ring (bicyclic) bond motifs is 1. The lowest BCUT2D eigenvalue weighted by molar-refractivity contribution is 0.453. The molecule has 0 spiro atoms. The minimum Gasteiger partial charge on any atom is -0.507 e. The number of hydrogen-bond acceptors (Lipinski definition) is 6. The van der Waals surface area contributed by atoms with E-state index in [2.05, 4.69) is 9.97 Å². The van der Waals surface area contributed by atoms with E-state index < -0.39 is 0 Å². The third kappa shape index (κ3) is 3.24. The minimum absolute atomic E-state index is 0.102. The van der Waals surface area contributed by atoms with E-state index in [1.807, 2.05) is 36.4 Å². The van der Waals surface area contributed by atoms with Crippen LogP contribution in [0.4, 0.5) is 0 Å². The molecular weight excluding hydrogens is 404 g/mol. The van der Waals surface area contributed by atoms with E-state index in [4.69, 9.17) is 0 Å². The van der Waals surface area contributed by atoms with Crippen molar-refractivity contribution in [3.63, 3.8) is 0 Å². The Morgan fingerprint density at radius 2 is 1.03 bits per heavy atom. The van der Waals surface area contributed by atoms with Crippen LogP contribution in [-0.2, 0) is 0 Å². The average Bonchev–Trinajstić information content (AvgIpc) is 2.79. The minimum atomic E-state index is -0.106. The van der Waals surface area contributed by atoms with Gasteiger partial charge in [0.15, 0.2) is 5.65 Å². The highest BCUT2D eigenvalue weighted by Crippen LogP contribution is 2.41. The Morgan fingerprint density at radius 3 is 1.62 bits per heavy atom. The Bertz CT molecular complexity index is 1420. The number of rotatable bonds is 3. The summed E-state index contributed by atoms with van der Waals surface area (Å²) in [6.45, 7) is 0. The van der Waals surface area contributed by atoms with Crippen molar-refractivity contribution in [1.82, 2.24) is 9.97 Å². The van der Waals surface area contributed by atoms with E-state index >= 15 is 0 Å². The number of nitrogens with zero attached hydrogens (tertiary/aromatic N) is 2. The maximum Gasteiger partial charge on any atom is 0.161 e. The highest BCUT2D eigenvalue weighted by atomic mass is 16.3. The van der Waals surface area contributed by atoms with E-state index in [1.165, 1.54) is 24.3 Å². The second-order valence-electron chi connectivity index (χ2n) is 7.33. The van der Waals surface area contributed by atoms with Crippen LogP contribution in [0.1, 0.15) is 0 Å². The molecule has 0 atom stereocenters. The Kier molecular flexibility index (Phi) is 4.60. The Labute approximate surface area is 183 Å². The molecule has 0 aliphatic rings. The van der Waals surface area contributed by atoms with Gasteiger partial charge in [-0.05, 0) is 53.6 Å². The van der Waals surface area contributed by atoms with E-state index in [1.54, 1.807) is 24.3 Å². The number of phenols is 4. The van der Waals surface area contributed by atoms with E-state index in [-0.39, 0.29) is 34.1 Å². The van der Waals surface area contributed by atoms with Crippen molar-refractivity contribution in [1.29, 1.82) is 0 Å². The van der Waals surface area contributed by atoms with E-state index in [0.717, 1.165) is 16.5 Å². The number of aromatic hydroxyl groups is 4. The second kappa shape index (κ2) is 7.59. The summed E-state index contributed by atoms with van der Waals surface area (Å²) in [5, 5.41) is 42.1. The van der Waals surface area contributed by atoms with Gasteiger partial charge in [0.25, 0.3) is 0 Å². The van der Waals surface area contributed by atoms with E-state index in [0.29, 0.717) is 17.0 Å². The van der Waals surface area contributed by atoms with Crippen LogP contribution in [0.25, 0.3) is 44.7 Å². The van der Waals surface area contributed by atoms with Crippen molar-refractivity contribution in [2.75, 3.05) is 0 Å². The third-order valence-corrected chi connectivity index (χ3v) is 5.31. The topological polar surface area (TPSA) is 107 Å². The van der Waals surface area contributed by atoms with Gasteiger partial charge in [-0.1, -0.05) is 42.5 Å². The molecular formula is C26H18N2O4. The molecule has 0 fully saturated rings. The zero-order chi connectivity index (χ0) is 22.2. The molecule has 0 aliphatic heterocycles. The van der Waals surface area contributed by atoms with Crippen molar-refractivity contribution in [3.05, 3.63) is 84.9 Å². The molecule has 2 aromatic heterocycles. The first kappa shape index (κ1) is 19.4. The molecule has 5 rings (SSSR count). The van der Waals surface area contributed by atoms with Crippen LogP contribution >= 0.6 is 0 Å². The molecule has 3 aromatic carbocycles.